The van der Waals surface area contributed by atoms with Crippen LogP contribution in [0.25, 0.3) is 0 Å². The van der Waals surface area contributed by atoms with Crippen molar-refractivity contribution in [1.29, 1.82) is 0 Å². The van der Waals surface area contributed by atoms with Crippen LogP contribution in [0.5, 0.6) is 0 Å². The Labute approximate surface area is 193 Å². The SMILES string of the molecule is CCOC(=O)OCOP(=O)(OCOC(=O)OCC)OC[C@@H]1C[C@H](C)[C@H](n2ccc(=O)[nH]c2=O)O1. The van der Waals surface area contributed by atoms with Crippen LogP contribution in [0.15, 0.2) is 21.9 Å². The molecule has 0 spiro atoms. The molecule has 0 aromatic carbocycles. The van der Waals surface area contributed by atoms with Gasteiger partial charge in [0.1, 0.15) is 6.23 Å². The summed E-state index contributed by atoms with van der Waals surface area (Å²) in [6, 6.07) is 1.18. The Kier molecular flexibility index (Phi) is 10.7. The number of hydrogen-bond acceptors (Lipinski definition) is 13. The molecule has 192 valence electrons. The third-order valence-electron chi connectivity index (χ3n) is 4.30. The Morgan fingerprint density at radius 3 is 2.18 bits per heavy atom. The van der Waals surface area contributed by atoms with Crippen LogP contribution in [0, 0.1) is 5.92 Å². The summed E-state index contributed by atoms with van der Waals surface area (Å²) in [5, 5.41) is 0. The summed E-state index contributed by atoms with van der Waals surface area (Å²) >= 11 is 0. The fourth-order valence-electron chi connectivity index (χ4n) is 2.88. The lowest BCUT2D eigenvalue weighted by Gasteiger charge is -2.20. The highest BCUT2D eigenvalue weighted by Gasteiger charge is 2.37. The smallest absolute Gasteiger partial charge is 0.435 e. The van der Waals surface area contributed by atoms with E-state index in [1.807, 2.05) is 6.92 Å². The molecule has 0 saturated carbocycles. The third-order valence-corrected chi connectivity index (χ3v) is 5.61. The zero-order valence-corrected chi connectivity index (χ0v) is 19.7. The molecule has 1 aliphatic rings. The first-order valence-electron chi connectivity index (χ1n) is 10.3. The van der Waals surface area contributed by atoms with Gasteiger partial charge in [-0.1, -0.05) is 6.92 Å². The quantitative estimate of drug-likeness (QED) is 0.245. The van der Waals surface area contributed by atoms with Crippen LogP contribution in [0.1, 0.15) is 33.4 Å². The molecular formula is C18H27N2O13P. The van der Waals surface area contributed by atoms with Crippen LogP contribution in [-0.4, -0.2) is 61.4 Å². The van der Waals surface area contributed by atoms with E-state index in [0.29, 0.717) is 6.42 Å². The van der Waals surface area contributed by atoms with Crippen molar-refractivity contribution in [3.8, 4) is 0 Å². The highest BCUT2D eigenvalue weighted by molar-refractivity contribution is 7.48. The zero-order valence-electron chi connectivity index (χ0n) is 18.8. The largest absolute Gasteiger partial charge is 0.510 e. The van der Waals surface area contributed by atoms with E-state index < -0.39 is 57.3 Å². The molecule has 3 atom stereocenters. The molecule has 0 aliphatic carbocycles. The summed E-state index contributed by atoms with van der Waals surface area (Å²) in [6.45, 7) is 3.04. The van der Waals surface area contributed by atoms with E-state index in [9.17, 15) is 23.7 Å². The van der Waals surface area contributed by atoms with E-state index in [1.165, 1.54) is 16.8 Å². The van der Waals surface area contributed by atoms with E-state index in [4.69, 9.17) is 18.3 Å². The van der Waals surface area contributed by atoms with Crippen LogP contribution < -0.4 is 11.2 Å². The Balaban J connectivity index is 1.97. The van der Waals surface area contributed by atoms with Crippen LogP contribution in [-0.2, 0) is 41.8 Å². The van der Waals surface area contributed by atoms with Crippen LogP contribution in [0.4, 0.5) is 9.59 Å². The van der Waals surface area contributed by atoms with Crippen molar-refractivity contribution < 1.29 is 51.4 Å². The fraction of sp³-hybridized carbons (Fsp3) is 0.667. The molecule has 16 heteroatoms. The molecule has 2 heterocycles. The minimum absolute atomic E-state index is 0.0492. The molecule has 1 aromatic heterocycles. The normalized spacial score (nSPS) is 20.0. The number of ether oxygens (including phenoxy) is 5. The molecule has 0 unspecified atom stereocenters. The van der Waals surface area contributed by atoms with Crippen LogP contribution in [0.2, 0.25) is 0 Å². The van der Waals surface area contributed by atoms with E-state index in [2.05, 4.69) is 23.9 Å². The van der Waals surface area contributed by atoms with E-state index >= 15 is 0 Å². The average Bonchev–Trinajstić information content (AvgIpc) is 3.13. The topological polar surface area (TPSA) is 180 Å². The molecule has 0 bridgehead atoms. The molecule has 0 radical (unpaired) electrons. The van der Waals surface area contributed by atoms with Gasteiger partial charge in [0.15, 0.2) is 0 Å². The molecule has 15 nitrogen and oxygen atoms in total. The van der Waals surface area contributed by atoms with Crippen molar-refractivity contribution in [1.82, 2.24) is 9.55 Å². The van der Waals surface area contributed by atoms with Gasteiger partial charge in [-0.25, -0.2) is 28.0 Å². The minimum atomic E-state index is -4.41. The molecule has 1 fully saturated rings. The number of hydrogen-bond donors (Lipinski definition) is 1. The standard InChI is InChI=1S/C18H27N2O13P/c1-4-26-17(23)28-10-31-34(25,32-11-29-18(24)27-5-2)30-9-13-8-12(3)15(33-13)20-7-6-14(21)19-16(20)22/h6-7,12-13,15H,4-5,8-11H2,1-3H3,(H,19,21,22)/t12-,13-,15+/m0/s1. The number of aromatic nitrogens is 2. The number of phosphoric ester groups is 1. The van der Waals surface area contributed by atoms with Gasteiger partial charge in [-0.3, -0.25) is 18.9 Å². The fourth-order valence-corrected chi connectivity index (χ4v) is 3.81. The van der Waals surface area contributed by atoms with Gasteiger partial charge in [0.05, 0.1) is 25.9 Å². The maximum absolute atomic E-state index is 12.9. The lowest BCUT2D eigenvalue weighted by molar-refractivity contribution is -0.0570. The lowest BCUT2D eigenvalue weighted by atomic mass is 10.1. The van der Waals surface area contributed by atoms with Gasteiger partial charge < -0.3 is 23.7 Å². The van der Waals surface area contributed by atoms with Gasteiger partial charge in [-0.15, -0.1) is 0 Å². The zero-order chi connectivity index (χ0) is 25.1. The van der Waals surface area contributed by atoms with Crippen molar-refractivity contribution in [2.45, 2.75) is 39.5 Å². The molecule has 2 rings (SSSR count). The number of aromatic amines is 1. The first kappa shape index (κ1) is 27.5. The number of nitrogens with one attached hydrogen (secondary N) is 1. The summed E-state index contributed by atoms with van der Waals surface area (Å²) in [4.78, 5) is 48.0. The van der Waals surface area contributed by atoms with Crippen molar-refractivity contribution in [2.75, 3.05) is 33.4 Å². The second kappa shape index (κ2) is 13.2. The predicted octanol–water partition coefficient (Wildman–Crippen LogP) is 1.88. The molecule has 0 amide bonds. The van der Waals surface area contributed by atoms with Crippen LogP contribution in [0.3, 0.4) is 0 Å². The lowest BCUT2D eigenvalue weighted by Crippen LogP contribution is -2.33. The van der Waals surface area contributed by atoms with E-state index in [1.54, 1.807) is 13.8 Å². The number of phosphoric acid groups is 1. The number of rotatable bonds is 12. The second-order valence-corrected chi connectivity index (χ2v) is 8.44. The summed E-state index contributed by atoms with van der Waals surface area (Å²) in [6.07, 6.45) is -1.79. The maximum Gasteiger partial charge on any atom is 0.510 e. The van der Waals surface area contributed by atoms with Gasteiger partial charge in [-0.05, 0) is 20.3 Å². The van der Waals surface area contributed by atoms with Gasteiger partial charge in [0.2, 0.25) is 13.6 Å². The molecule has 1 saturated heterocycles. The van der Waals surface area contributed by atoms with Crippen molar-refractivity contribution in [3.05, 3.63) is 33.1 Å². The summed E-state index contributed by atoms with van der Waals surface area (Å²) in [5.41, 5.74) is -1.19. The molecule has 34 heavy (non-hydrogen) atoms. The van der Waals surface area contributed by atoms with Crippen molar-refractivity contribution in [3.63, 3.8) is 0 Å². The second-order valence-electron chi connectivity index (χ2n) is 6.77. The molecule has 1 N–H and O–H groups in total. The Bertz CT molecular complexity index is 949. The van der Waals surface area contributed by atoms with Crippen LogP contribution >= 0.6 is 7.82 Å². The molecular weight excluding hydrogens is 483 g/mol. The van der Waals surface area contributed by atoms with Crippen molar-refractivity contribution in [2.24, 2.45) is 5.92 Å². The first-order valence-corrected chi connectivity index (χ1v) is 11.7. The Morgan fingerprint density at radius 2 is 1.65 bits per heavy atom. The predicted molar refractivity (Wildman–Crippen MR) is 111 cm³/mol. The number of nitrogens with zero attached hydrogens (tertiary/aromatic N) is 1. The van der Waals surface area contributed by atoms with Gasteiger partial charge in [-0.2, -0.15) is 0 Å². The van der Waals surface area contributed by atoms with Gasteiger partial charge >= 0.3 is 25.8 Å². The maximum atomic E-state index is 12.9. The van der Waals surface area contributed by atoms with Crippen molar-refractivity contribution >= 4 is 20.1 Å². The number of carbonyl (C=O) groups is 2. The number of carbonyl (C=O) groups excluding carboxylic acids is 2. The highest BCUT2D eigenvalue weighted by atomic mass is 31.2. The monoisotopic (exact) mass is 510 g/mol. The average molecular weight is 510 g/mol. The third kappa shape index (κ3) is 8.57. The molecule has 1 aliphatic heterocycles. The van der Waals surface area contributed by atoms with E-state index in [-0.39, 0.29) is 25.7 Å². The van der Waals surface area contributed by atoms with E-state index in [0.717, 1.165) is 0 Å². The Hall–Kier alpha value is -2.71. The van der Waals surface area contributed by atoms with Gasteiger partial charge in [0.25, 0.3) is 5.56 Å². The summed E-state index contributed by atoms with van der Waals surface area (Å²) in [5.74, 6) is -0.169. The number of H-pyrrole nitrogens is 1. The minimum Gasteiger partial charge on any atom is -0.435 e. The Morgan fingerprint density at radius 1 is 1.06 bits per heavy atom. The highest BCUT2D eigenvalue weighted by Crippen LogP contribution is 2.50. The first-order chi connectivity index (χ1) is 16.2. The van der Waals surface area contributed by atoms with Gasteiger partial charge in [0, 0.05) is 18.2 Å². The summed E-state index contributed by atoms with van der Waals surface area (Å²) in [7, 11) is -4.41. The molecule has 1 aromatic rings. The summed E-state index contributed by atoms with van der Waals surface area (Å²) < 4.78 is 53.3.